The van der Waals surface area contributed by atoms with Gasteiger partial charge in [-0.15, -0.1) is 11.8 Å². The highest BCUT2D eigenvalue weighted by atomic mass is 32.2. The highest BCUT2D eigenvalue weighted by Crippen LogP contribution is 2.56. The molecule has 3 aromatic rings. The maximum atomic E-state index is 14.2. The Balaban J connectivity index is 1.64. The lowest BCUT2D eigenvalue weighted by atomic mass is 10.0. The number of hydrogen-bond donors (Lipinski definition) is 0. The summed E-state index contributed by atoms with van der Waals surface area (Å²) >= 11 is 1.37. The predicted molar refractivity (Wildman–Crippen MR) is 130 cm³/mol. The van der Waals surface area contributed by atoms with Crippen LogP contribution >= 0.6 is 11.8 Å². The number of fused-ring (bicyclic) bond motifs is 2. The van der Waals surface area contributed by atoms with Gasteiger partial charge >= 0.3 is 0 Å². The van der Waals surface area contributed by atoms with Crippen molar-refractivity contribution < 1.29 is 19.1 Å². The molecule has 0 bridgehead atoms. The number of carbonyl (C=O) groups excluding carboxylic acids is 2. The van der Waals surface area contributed by atoms with E-state index in [0.29, 0.717) is 23.7 Å². The fourth-order valence-electron chi connectivity index (χ4n) is 4.63. The van der Waals surface area contributed by atoms with Crippen molar-refractivity contribution in [3.05, 3.63) is 83.4 Å². The zero-order valence-corrected chi connectivity index (χ0v) is 19.5. The van der Waals surface area contributed by atoms with Crippen LogP contribution in [0, 0.1) is 6.92 Å². The summed E-state index contributed by atoms with van der Waals surface area (Å²) in [5.74, 6) is 1.05. The second-order valence-electron chi connectivity index (χ2n) is 8.04. The van der Waals surface area contributed by atoms with Crippen LogP contribution in [0.15, 0.2) is 66.7 Å². The van der Waals surface area contributed by atoms with E-state index in [1.54, 1.807) is 42.2 Å². The third-order valence-corrected chi connectivity index (χ3v) is 7.66. The van der Waals surface area contributed by atoms with E-state index in [0.717, 1.165) is 22.4 Å². The number of rotatable bonds is 5. The number of ether oxygens (including phenoxy) is 2. The molecule has 2 amide bonds. The van der Waals surface area contributed by atoms with Gasteiger partial charge in [0.2, 0.25) is 10.8 Å². The van der Waals surface area contributed by atoms with Crippen molar-refractivity contribution >= 4 is 35.0 Å². The summed E-state index contributed by atoms with van der Waals surface area (Å²) in [5, 5.41) is 0. The Morgan fingerprint density at radius 1 is 0.939 bits per heavy atom. The van der Waals surface area contributed by atoms with Crippen molar-refractivity contribution in [2.24, 2.45) is 0 Å². The summed E-state index contributed by atoms with van der Waals surface area (Å²) in [4.78, 5) is 29.7. The Hall–Kier alpha value is -3.45. The van der Waals surface area contributed by atoms with Crippen LogP contribution in [0.5, 0.6) is 11.5 Å². The third kappa shape index (κ3) is 3.18. The summed E-state index contributed by atoms with van der Waals surface area (Å²) < 4.78 is 10.8. The molecule has 0 aliphatic carbocycles. The molecule has 168 valence electrons. The quantitative estimate of drug-likeness (QED) is 0.562. The first-order chi connectivity index (χ1) is 16.0. The normalized spacial score (nSPS) is 19.4. The molecule has 1 saturated heterocycles. The first-order valence-electron chi connectivity index (χ1n) is 10.7. The molecule has 0 N–H and O–H groups in total. The van der Waals surface area contributed by atoms with Gasteiger partial charge in [0.1, 0.15) is 0 Å². The molecule has 0 unspecified atom stereocenters. The van der Waals surface area contributed by atoms with Gasteiger partial charge in [-0.2, -0.15) is 0 Å². The molecule has 3 aromatic carbocycles. The molecule has 0 saturated carbocycles. The van der Waals surface area contributed by atoms with Gasteiger partial charge in [0.05, 0.1) is 32.2 Å². The molecule has 2 aliphatic rings. The minimum absolute atomic E-state index is 0.113. The first-order valence-corrected chi connectivity index (χ1v) is 11.6. The van der Waals surface area contributed by atoms with Gasteiger partial charge < -0.3 is 14.4 Å². The minimum atomic E-state index is -1.16. The maximum Gasteiger partial charge on any atom is 0.269 e. The fourth-order valence-corrected chi connectivity index (χ4v) is 5.99. The Morgan fingerprint density at radius 3 is 2.42 bits per heavy atom. The van der Waals surface area contributed by atoms with Gasteiger partial charge in [-0.25, -0.2) is 0 Å². The van der Waals surface area contributed by atoms with Gasteiger partial charge in [0.25, 0.3) is 5.91 Å². The summed E-state index contributed by atoms with van der Waals surface area (Å²) in [6, 6.07) is 21.1. The van der Waals surface area contributed by atoms with E-state index >= 15 is 0 Å². The van der Waals surface area contributed by atoms with E-state index in [2.05, 4.69) is 0 Å². The van der Waals surface area contributed by atoms with Crippen LogP contribution in [0.1, 0.15) is 16.7 Å². The molecular weight excluding hydrogens is 436 g/mol. The summed E-state index contributed by atoms with van der Waals surface area (Å²) in [6.07, 6.45) is 0. The van der Waals surface area contributed by atoms with Crippen LogP contribution in [-0.4, -0.2) is 31.8 Å². The number of nitrogens with zero attached hydrogens (tertiary/aromatic N) is 2. The Kier molecular flexibility index (Phi) is 5.29. The minimum Gasteiger partial charge on any atom is -0.493 e. The van der Waals surface area contributed by atoms with Crippen molar-refractivity contribution in [1.82, 2.24) is 0 Å². The molecule has 2 heterocycles. The van der Waals surface area contributed by atoms with Crippen LogP contribution in [0.3, 0.4) is 0 Å². The lowest BCUT2D eigenvalue weighted by Crippen LogP contribution is -2.49. The van der Waals surface area contributed by atoms with Crippen molar-refractivity contribution in [2.45, 2.75) is 18.3 Å². The lowest BCUT2D eigenvalue weighted by Gasteiger charge is -2.33. The highest BCUT2D eigenvalue weighted by Gasteiger charge is 2.61. The third-order valence-electron chi connectivity index (χ3n) is 6.28. The molecule has 6 nitrogen and oxygen atoms in total. The average Bonchev–Trinajstić information content (AvgIpc) is 3.30. The molecule has 0 radical (unpaired) electrons. The number of para-hydroxylation sites is 1. The molecule has 0 aromatic heterocycles. The van der Waals surface area contributed by atoms with Crippen LogP contribution in [-0.2, 0) is 21.0 Å². The number of benzene rings is 3. The molecule has 1 atom stereocenters. The number of anilines is 2. The molecule has 1 spiro atoms. The number of hydrogen-bond acceptors (Lipinski definition) is 5. The lowest BCUT2D eigenvalue weighted by molar-refractivity contribution is -0.123. The van der Waals surface area contributed by atoms with Gasteiger partial charge in [-0.3, -0.25) is 14.5 Å². The number of thioether (sulfide) groups is 1. The van der Waals surface area contributed by atoms with Crippen LogP contribution in [0.2, 0.25) is 0 Å². The first kappa shape index (κ1) is 21.4. The number of aryl methyl sites for hydroxylation is 1. The molecule has 2 aliphatic heterocycles. The number of carbonyl (C=O) groups is 2. The van der Waals surface area contributed by atoms with Crippen molar-refractivity contribution in [2.75, 3.05) is 29.8 Å². The fraction of sp³-hybridized carbons (Fsp3) is 0.231. The van der Waals surface area contributed by atoms with Crippen LogP contribution in [0.4, 0.5) is 11.4 Å². The standard InChI is InChI=1S/C26H24N2O4S/c1-17-8-4-5-9-18(17)15-27-21-11-7-6-10-20(21)26(25(27)30)28(24(29)16-33-26)19-12-13-22(31-2)23(14-19)32-3/h4-14H,15-16H2,1-3H3/t26-/m0/s1. The van der Waals surface area contributed by atoms with Crippen molar-refractivity contribution in [3.8, 4) is 11.5 Å². The van der Waals surface area contributed by atoms with Gasteiger partial charge in [-0.05, 0) is 36.2 Å². The van der Waals surface area contributed by atoms with Crippen LogP contribution < -0.4 is 19.3 Å². The van der Waals surface area contributed by atoms with E-state index in [1.807, 2.05) is 55.5 Å². The zero-order chi connectivity index (χ0) is 23.2. The van der Waals surface area contributed by atoms with Gasteiger partial charge in [0, 0.05) is 17.3 Å². The van der Waals surface area contributed by atoms with Crippen molar-refractivity contribution in [1.29, 1.82) is 0 Å². The average molecular weight is 461 g/mol. The Bertz CT molecular complexity index is 1260. The summed E-state index contributed by atoms with van der Waals surface area (Å²) in [6.45, 7) is 2.49. The van der Waals surface area contributed by atoms with E-state index in [9.17, 15) is 9.59 Å². The predicted octanol–water partition coefficient (Wildman–Crippen LogP) is 4.49. The smallest absolute Gasteiger partial charge is 0.269 e. The van der Waals surface area contributed by atoms with E-state index in [-0.39, 0.29) is 17.6 Å². The Labute approximate surface area is 197 Å². The second kappa shape index (κ2) is 8.15. The number of amides is 2. The van der Waals surface area contributed by atoms with Gasteiger partial charge in [0.15, 0.2) is 11.5 Å². The second-order valence-corrected chi connectivity index (χ2v) is 9.20. The summed E-state index contributed by atoms with van der Waals surface area (Å²) in [7, 11) is 3.12. The topological polar surface area (TPSA) is 59.1 Å². The van der Waals surface area contributed by atoms with Crippen molar-refractivity contribution in [3.63, 3.8) is 0 Å². The molecule has 7 heteroatoms. The Morgan fingerprint density at radius 2 is 1.67 bits per heavy atom. The maximum absolute atomic E-state index is 14.2. The largest absolute Gasteiger partial charge is 0.493 e. The van der Waals surface area contributed by atoms with Crippen LogP contribution in [0.25, 0.3) is 0 Å². The molecule has 5 rings (SSSR count). The molecular formula is C26H24N2O4S. The van der Waals surface area contributed by atoms with E-state index in [1.165, 1.54) is 11.8 Å². The zero-order valence-electron chi connectivity index (χ0n) is 18.7. The number of methoxy groups -OCH3 is 2. The monoisotopic (exact) mass is 460 g/mol. The highest BCUT2D eigenvalue weighted by molar-refractivity contribution is 8.02. The molecule has 1 fully saturated rings. The van der Waals surface area contributed by atoms with Gasteiger partial charge in [-0.1, -0.05) is 42.5 Å². The summed E-state index contributed by atoms with van der Waals surface area (Å²) in [5.41, 5.74) is 4.46. The van der Waals surface area contributed by atoms with E-state index in [4.69, 9.17) is 9.47 Å². The molecule has 33 heavy (non-hydrogen) atoms. The SMILES string of the molecule is COc1ccc(N2C(=O)CS[C@@]23C(=O)N(Cc2ccccc2C)c2ccccc23)cc1OC. The van der Waals surface area contributed by atoms with E-state index < -0.39 is 4.87 Å².